The van der Waals surface area contributed by atoms with Crippen molar-refractivity contribution in [3.63, 3.8) is 0 Å². The highest BCUT2D eigenvalue weighted by Crippen LogP contribution is 2.08. The minimum absolute atomic E-state index is 0.266. The van der Waals surface area contributed by atoms with E-state index in [-0.39, 0.29) is 6.10 Å². The van der Waals surface area contributed by atoms with Crippen LogP contribution < -0.4 is 5.32 Å². The van der Waals surface area contributed by atoms with Gasteiger partial charge in [-0.15, -0.1) is 0 Å². The van der Waals surface area contributed by atoms with Crippen molar-refractivity contribution in [1.29, 1.82) is 0 Å². The largest absolute Gasteiger partial charge is 0.377 e. The van der Waals surface area contributed by atoms with Gasteiger partial charge >= 0.3 is 0 Å². The van der Waals surface area contributed by atoms with E-state index in [0.29, 0.717) is 0 Å². The predicted octanol–water partition coefficient (Wildman–Crippen LogP) is 1.54. The van der Waals surface area contributed by atoms with Crippen molar-refractivity contribution < 1.29 is 4.74 Å². The second-order valence-electron chi connectivity index (χ2n) is 3.81. The SMILES string of the molecule is CCOC(C)CNCc1c(C)n[nH]c1C. The molecule has 1 atom stereocenters. The first kappa shape index (κ1) is 12.2. The zero-order valence-electron chi connectivity index (χ0n) is 10.1. The summed E-state index contributed by atoms with van der Waals surface area (Å²) in [6, 6.07) is 0. The number of aromatic nitrogens is 2. The molecule has 0 saturated heterocycles. The number of H-pyrrole nitrogens is 1. The van der Waals surface area contributed by atoms with E-state index in [1.807, 2.05) is 20.8 Å². The maximum Gasteiger partial charge on any atom is 0.0671 e. The van der Waals surface area contributed by atoms with Crippen LogP contribution in [-0.2, 0) is 11.3 Å². The van der Waals surface area contributed by atoms with Gasteiger partial charge in [-0.05, 0) is 27.7 Å². The number of nitrogens with one attached hydrogen (secondary N) is 2. The van der Waals surface area contributed by atoms with Gasteiger partial charge in [-0.3, -0.25) is 5.10 Å². The molecule has 0 amide bonds. The highest BCUT2D eigenvalue weighted by atomic mass is 16.5. The summed E-state index contributed by atoms with van der Waals surface area (Å²) in [6.45, 7) is 10.7. The minimum atomic E-state index is 0.266. The Morgan fingerprint density at radius 2 is 2.20 bits per heavy atom. The number of hydrogen-bond donors (Lipinski definition) is 2. The molecule has 2 N–H and O–H groups in total. The van der Waals surface area contributed by atoms with Crippen LogP contribution in [0.3, 0.4) is 0 Å². The van der Waals surface area contributed by atoms with E-state index < -0.39 is 0 Å². The maximum absolute atomic E-state index is 5.44. The summed E-state index contributed by atoms with van der Waals surface area (Å²) in [7, 11) is 0. The van der Waals surface area contributed by atoms with Crippen molar-refractivity contribution in [2.75, 3.05) is 13.2 Å². The zero-order valence-corrected chi connectivity index (χ0v) is 10.1. The molecule has 0 fully saturated rings. The van der Waals surface area contributed by atoms with E-state index in [9.17, 15) is 0 Å². The Hall–Kier alpha value is -0.870. The van der Waals surface area contributed by atoms with Crippen molar-refractivity contribution in [3.05, 3.63) is 17.0 Å². The Morgan fingerprint density at radius 1 is 1.47 bits per heavy atom. The molecular formula is C11H21N3O. The third-order valence-corrected chi connectivity index (χ3v) is 2.47. The number of aryl methyl sites for hydroxylation is 2. The molecule has 0 aromatic carbocycles. The van der Waals surface area contributed by atoms with E-state index in [1.54, 1.807) is 0 Å². The lowest BCUT2D eigenvalue weighted by molar-refractivity contribution is 0.0759. The van der Waals surface area contributed by atoms with Crippen LogP contribution in [0.15, 0.2) is 0 Å². The first-order valence-corrected chi connectivity index (χ1v) is 5.47. The van der Waals surface area contributed by atoms with Crippen LogP contribution in [-0.4, -0.2) is 29.5 Å². The fraction of sp³-hybridized carbons (Fsp3) is 0.727. The summed E-state index contributed by atoms with van der Waals surface area (Å²) in [4.78, 5) is 0. The molecule has 0 bridgehead atoms. The standard InChI is InChI=1S/C11H21N3O/c1-5-15-8(2)6-12-7-11-9(3)13-14-10(11)4/h8,12H,5-7H2,1-4H3,(H,13,14). The molecule has 1 unspecified atom stereocenters. The molecule has 0 aliphatic rings. The Morgan fingerprint density at radius 3 is 2.73 bits per heavy atom. The number of ether oxygens (including phenoxy) is 1. The molecule has 4 nitrogen and oxygen atoms in total. The van der Waals surface area contributed by atoms with Crippen LogP contribution in [0.5, 0.6) is 0 Å². The Bertz CT molecular complexity index is 277. The van der Waals surface area contributed by atoms with Gasteiger partial charge < -0.3 is 10.1 Å². The summed E-state index contributed by atoms with van der Waals surface area (Å²) >= 11 is 0. The number of rotatable bonds is 6. The van der Waals surface area contributed by atoms with Gasteiger partial charge in [0.15, 0.2) is 0 Å². The fourth-order valence-corrected chi connectivity index (χ4v) is 1.58. The second kappa shape index (κ2) is 5.88. The van der Waals surface area contributed by atoms with Crippen LogP contribution in [0.2, 0.25) is 0 Å². The first-order valence-electron chi connectivity index (χ1n) is 5.47. The third-order valence-electron chi connectivity index (χ3n) is 2.47. The molecule has 1 aromatic rings. The number of aromatic amines is 1. The lowest BCUT2D eigenvalue weighted by atomic mass is 10.2. The van der Waals surface area contributed by atoms with Gasteiger partial charge in [-0.2, -0.15) is 5.10 Å². The molecule has 0 spiro atoms. The fourth-order valence-electron chi connectivity index (χ4n) is 1.58. The average molecular weight is 211 g/mol. The molecule has 0 aliphatic carbocycles. The highest BCUT2D eigenvalue weighted by Gasteiger charge is 2.06. The van der Waals surface area contributed by atoms with Gasteiger partial charge in [0.1, 0.15) is 0 Å². The topological polar surface area (TPSA) is 49.9 Å². The van der Waals surface area contributed by atoms with Crippen molar-refractivity contribution in [1.82, 2.24) is 15.5 Å². The zero-order chi connectivity index (χ0) is 11.3. The van der Waals surface area contributed by atoms with Crippen LogP contribution in [0.4, 0.5) is 0 Å². The van der Waals surface area contributed by atoms with Gasteiger partial charge in [-0.1, -0.05) is 0 Å². The van der Waals surface area contributed by atoms with Gasteiger partial charge in [0.25, 0.3) is 0 Å². The van der Waals surface area contributed by atoms with E-state index in [2.05, 4.69) is 22.4 Å². The molecule has 1 heterocycles. The maximum atomic E-state index is 5.44. The van der Waals surface area contributed by atoms with E-state index in [4.69, 9.17) is 4.74 Å². The molecular weight excluding hydrogens is 190 g/mol. The van der Waals surface area contributed by atoms with Gasteiger partial charge in [0.2, 0.25) is 0 Å². The van der Waals surface area contributed by atoms with Crippen LogP contribution in [0, 0.1) is 13.8 Å². The monoisotopic (exact) mass is 211 g/mol. The number of nitrogens with zero attached hydrogens (tertiary/aromatic N) is 1. The lowest BCUT2D eigenvalue weighted by Crippen LogP contribution is -2.26. The van der Waals surface area contributed by atoms with Gasteiger partial charge in [0.05, 0.1) is 11.8 Å². The summed E-state index contributed by atoms with van der Waals surface area (Å²) in [5.41, 5.74) is 3.48. The Balaban J connectivity index is 2.31. The van der Waals surface area contributed by atoms with Crippen LogP contribution in [0.1, 0.15) is 30.8 Å². The van der Waals surface area contributed by atoms with Crippen molar-refractivity contribution in [2.45, 2.75) is 40.3 Å². The molecule has 15 heavy (non-hydrogen) atoms. The molecule has 4 heteroatoms. The van der Waals surface area contributed by atoms with Crippen LogP contribution in [0.25, 0.3) is 0 Å². The average Bonchev–Trinajstić information content (AvgIpc) is 2.49. The van der Waals surface area contributed by atoms with E-state index >= 15 is 0 Å². The van der Waals surface area contributed by atoms with Crippen molar-refractivity contribution >= 4 is 0 Å². The summed E-state index contributed by atoms with van der Waals surface area (Å²) in [6.07, 6.45) is 0.266. The van der Waals surface area contributed by atoms with Gasteiger partial charge in [0, 0.05) is 31.0 Å². The molecule has 1 rings (SSSR count). The van der Waals surface area contributed by atoms with E-state index in [1.165, 1.54) is 5.56 Å². The smallest absolute Gasteiger partial charge is 0.0671 e. The Kier molecular flexibility index (Phi) is 4.78. The predicted molar refractivity (Wildman–Crippen MR) is 60.9 cm³/mol. The van der Waals surface area contributed by atoms with Crippen molar-refractivity contribution in [2.24, 2.45) is 0 Å². The molecule has 0 aliphatic heterocycles. The lowest BCUT2D eigenvalue weighted by Gasteiger charge is -2.12. The summed E-state index contributed by atoms with van der Waals surface area (Å²) in [5.74, 6) is 0. The van der Waals surface area contributed by atoms with E-state index in [0.717, 1.165) is 31.1 Å². The number of hydrogen-bond acceptors (Lipinski definition) is 3. The third kappa shape index (κ3) is 3.64. The Labute approximate surface area is 91.4 Å². The normalized spacial score (nSPS) is 13.1. The van der Waals surface area contributed by atoms with Crippen LogP contribution >= 0.6 is 0 Å². The second-order valence-corrected chi connectivity index (χ2v) is 3.81. The first-order chi connectivity index (χ1) is 7.15. The quantitative estimate of drug-likeness (QED) is 0.750. The minimum Gasteiger partial charge on any atom is -0.377 e. The van der Waals surface area contributed by atoms with Crippen molar-refractivity contribution in [3.8, 4) is 0 Å². The molecule has 0 saturated carbocycles. The molecule has 0 radical (unpaired) electrons. The summed E-state index contributed by atoms with van der Waals surface area (Å²) < 4.78 is 5.44. The molecule has 1 aromatic heterocycles. The molecule has 86 valence electrons. The highest BCUT2D eigenvalue weighted by molar-refractivity contribution is 5.22. The summed E-state index contributed by atoms with van der Waals surface area (Å²) in [5, 5.41) is 10.5. The van der Waals surface area contributed by atoms with Gasteiger partial charge in [-0.25, -0.2) is 0 Å².